The molecule has 2 aromatic rings. The molecule has 7 heteroatoms. The van der Waals surface area contributed by atoms with Crippen LogP contribution in [0.25, 0.3) is 0 Å². The molecule has 0 aliphatic rings. The van der Waals surface area contributed by atoms with Crippen LogP contribution in [0.1, 0.15) is 24.2 Å². The van der Waals surface area contributed by atoms with Gasteiger partial charge in [0.1, 0.15) is 0 Å². The Hall–Kier alpha value is -2.41. The van der Waals surface area contributed by atoms with Crippen LogP contribution >= 0.6 is 0 Å². The number of amides is 2. The summed E-state index contributed by atoms with van der Waals surface area (Å²) in [6.45, 7) is 3.51. The second-order valence-electron chi connectivity index (χ2n) is 4.47. The second kappa shape index (κ2) is 7.39. The van der Waals surface area contributed by atoms with Gasteiger partial charge in [0, 0.05) is 13.1 Å². The van der Waals surface area contributed by atoms with Crippen molar-refractivity contribution in [2.75, 3.05) is 6.54 Å². The third kappa shape index (κ3) is 4.28. The lowest BCUT2D eigenvalue weighted by Gasteiger charge is -2.21. The Morgan fingerprint density at radius 1 is 1.38 bits per heavy atom. The average molecular weight is 289 g/mol. The van der Waals surface area contributed by atoms with Gasteiger partial charge in [-0.25, -0.2) is 4.79 Å². The Kier molecular flexibility index (Phi) is 5.28. The quantitative estimate of drug-likeness (QED) is 0.834. The van der Waals surface area contributed by atoms with E-state index in [1.807, 2.05) is 37.3 Å². The molecular weight excluding hydrogens is 270 g/mol. The summed E-state index contributed by atoms with van der Waals surface area (Å²) in [4.78, 5) is 17.9. The molecule has 0 atom stereocenters. The van der Waals surface area contributed by atoms with Gasteiger partial charge in [-0.2, -0.15) is 4.98 Å². The number of aromatic nitrogens is 2. The third-order valence-corrected chi connectivity index (χ3v) is 2.97. The normalized spacial score (nSPS) is 10.4. The number of carbonyl (C=O) groups excluding carboxylic acids is 1. The molecule has 0 fully saturated rings. The van der Waals surface area contributed by atoms with Crippen LogP contribution in [0.3, 0.4) is 0 Å². The molecule has 0 spiro atoms. The van der Waals surface area contributed by atoms with Gasteiger partial charge >= 0.3 is 6.03 Å². The number of carbonyl (C=O) groups is 1. The Morgan fingerprint density at radius 2 is 2.14 bits per heavy atom. The summed E-state index contributed by atoms with van der Waals surface area (Å²) in [5, 5.41) is 6.43. The van der Waals surface area contributed by atoms with Crippen molar-refractivity contribution in [3.05, 3.63) is 47.6 Å². The zero-order valence-corrected chi connectivity index (χ0v) is 12.0. The van der Waals surface area contributed by atoms with Gasteiger partial charge in [0.25, 0.3) is 0 Å². The van der Waals surface area contributed by atoms with Crippen LogP contribution in [0.5, 0.6) is 0 Å². The first-order valence-corrected chi connectivity index (χ1v) is 6.81. The highest BCUT2D eigenvalue weighted by Gasteiger charge is 2.13. The standard InChI is InChI=1S/C14H19N5O2/c1-2-19(10-11-6-4-3-5-7-11)14(20)16-9-13-17-12(8-15)18-21-13/h3-7H,2,8-10,15H2,1H3,(H,16,20). The van der Waals surface area contributed by atoms with Crippen molar-refractivity contribution < 1.29 is 9.32 Å². The fourth-order valence-corrected chi connectivity index (χ4v) is 1.84. The smallest absolute Gasteiger partial charge is 0.318 e. The zero-order chi connectivity index (χ0) is 15.1. The SMILES string of the molecule is CCN(Cc1ccccc1)C(=O)NCc1nc(CN)no1. The molecule has 1 aromatic carbocycles. The first-order valence-electron chi connectivity index (χ1n) is 6.81. The minimum atomic E-state index is -0.172. The van der Waals surface area contributed by atoms with Crippen molar-refractivity contribution >= 4 is 6.03 Å². The molecule has 0 unspecified atom stereocenters. The van der Waals surface area contributed by atoms with Gasteiger partial charge in [0.05, 0.1) is 13.1 Å². The molecule has 21 heavy (non-hydrogen) atoms. The Balaban J connectivity index is 1.88. The van der Waals surface area contributed by atoms with E-state index in [-0.39, 0.29) is 19.1 Å². The first kappa shape index (κ1) is 15.0. The van der Waals surface area contributed by atoms with E-state index in [0.717, 1.165) is 5.56 Å². The van der Waals surface area contributed by atoms with Gasteiger partial charge in [-0.05, 0) is 12.5 Å². The highest BCUT2D eigenvalue weighted by atomic mass is 16.5. The van der Waals surface area contributed by atoms with Crippen molar-refractivity contribution in [1.29, 1.82) is 0 Å². The Bertz CT molecular complexity index is 570. The molecule has 3 N–H and O–H groups in total. The van der Waals surface area contributed by atoms with E-state index in [1.54, 1.807) is 4.90 Å². The van der Waals surface area contributed by atoms with Crippen LogP contribution in [0.15, 0.2) is 34.9 Å². The zero-order valence-electron chi connectivity index (χ0n) is 12.0. The highest BCUT2D eigenvalue weighted by Crippen LogP contribution is 2.05. The van der Waals surface area contributed by atoms with E-state index in [1.165, 1.54) is 0 Å². The van der Waals surface area contributed by atoms with E-state index in [9.17, 15) is 4.79 Å². The van der Waals surface area contributed by atoms with Gasteiger partial charge in [-0.1, -0.05) is 35.5 Å². The van der Waals surface area contributed by atoms with Crippen molar-refractivity contribution in [3.63, 3.8) is 0 Å². The molecular formula is C14H19N5O2. The maximum atomic E-state index is 12.1. The average Bonchev–Trinajstić information content (AvgIpc) is 2.99. The van der Waals surface area contributed by atoms with Crippen LogP contribution < -0.4 is 11.1 Å². The number of rotatable bonds is 6. The van der Waals surface area contributed by atoms with Crippen LogP contribution in [0.2, 0.25) is 0 Å². The predicted octanol–water partition coefficient (Wildman–Crippen LogP) is 1.26. The number of nitrogens with one attached hydrogen (secondary N) is 1. The molecule has 2 rings (SSSR count). The second-order valence-corrected chi connectivity index (χ2v) is 4.47. The van der Waals surface area contributed by atoms with Crippen molar-refractivity contribution in [3.8, 4) is 0 Å². The summed E-state index contributed by atoms with van der Waals surface area (Å²) in [6, 6.07) is 9.66. The maximum Gasteiger partial charge on any atom is 0.318 e. The number of nitrogens with two attached hydrogens (primary N) is 1. The van der Waals surface area contributed by atoms with Gasteiger partial charge in [-0.3, -0.25) is 0 Å². The van der Waals surface area contributed by atoms with Crippen LogP contribution in [0.4, 0.5) is 4.79 Å². The maximum absolute atomic E-state index is 12.1. The molecule has 0 aliphatic carbocycles. The lowest BCUT2D eigenvalue weighted by atomic mass is 10.2. The topological polar surface area (TPSA) is 97.3 Å². The Morgan fingerprint density at radius 3 is 2.76 bits per heavy atom. The van der Waals surface area contributed by atoms with Crippen molar-refractivity contribution in [1.82, 2.24) is 20.4 Å². The van der Waals surface area contributed by atoms with Gasteiger partial charge < -0.3 is 20.5 Å². The molecule has 0 saturated carbocycles. The molecule has 112 valence electrons. The Labute approximate surface area is 123 Å². The molecule has 1 aromatic heterocycles. The molecule has 0 saturated heterocycles. The largest absolute Gasteiger partial charge is 0.337 e. The number of hydrogen-bond donors (Lipinski definition) is 2. The highest BCUT2D eigenvalue weighted by molar-refractivity contribution is 5.74. The lowest BCUT2D eigenvalue weighted by molar-refractivity contribution is 0.196. The summed E-state index contributed by atoms with van der Waals surface area (Å²) in [5.74, 6) is 0.774. The minimum absolute atomic E-state index is 0.172. The number of nitrogens with zero attached hydrogens (tertiary/aromatic N) is 3. The van der Waals surface area contributed by atoms with E-state index in [2.05, 4.69) is 15.5 Å². The monoisotopic (exact) mass is 289 g/mol. The van der Waals surface area contributed by atoms with E-state index < -0.39 is 0 Å². The van der Waals surface area contributed by atoms with Gasteiger partial charge in [0.15, 0.2) is 5.82 Å². The summed E-state index contributed by atoms with van der Waals surface area (Å²) < 4.78 is 4.96. The minimum Gasteiger partial charge on any atom is -0.337 e. The molecule has 0 bridgehead atoms. The fraction of sp³-hybridized carbons (Fsp3) is 0.357. The van der Waals surface area contributed by atoms with Crippen LogP contribution in [0, 0.1) is 0 Å². The molecule has 1 heterocycles. The summed E-state index contributed by atoms with van der Waals surface area (Å²) in [6.07, 6.45) is 0. The molecule has 0 radical (unpaired) electrons. The lowest BCUT2D eigenvalue weighted by Crippen LogP contribution is -2.39. The summed E-state index contributed by atoms with van der Waals surface area (Å²) in [5.41, 5.74) is 6.48. The van der Waals surface area contributed by atoms with Crippen molar-refractivity contribution in [2.24, 2.45) is 5.73 Å². The number of urea groups is 1. The number of benzene rings is 1. The van der Waals surface area contributed by atoms with E-state index >= 15 is 0 Å². The summed E-state index contributed by atoms with van der Waals surface area (Å²) >= 11 is 0. The molecule has 2 amide bonds. The molecule has 0 aliphatic heterocycles. The van der Waals surface area contributed by atoms with Gasteiger partial charge in [-0.15, -0.1) is 0 Å². The molecule has 7 nitrogen and oxygen atoms in total. The van der Waals surface area contributed by atoms with Crippen LogP contribution in [-0.4, -0.2) is 27.6 Å². The van der Waals surface area contributed by atoms with E-state index in [0.29, 0.717) is 24.8 Å². The van der Waals surface area contributed by atoms with Crippen molar-refractivity contribution in [2.45, 2.75) is 26.6 Å². The first-order chi connectivity index (χ1) is 10.2. The predicted molar refractivity (Wildman–Crippen MR) is 77.0 cm³/mol. The van der Waals surface area contributed by atoms with Gasteiger partial charge in [0.2, 0.25) is 5.89 Å². The van der Waals surface area contributed by atoms with Crippen LogP contribution in [-0.2, 0) is 19.6 Å². The summed E-state index contributed by atoms with van der Waals surface area (Å²) in [7, 11) is 0. The van der Waals surface area contributed by atoms with E-state index in [4.69, 9.17) is 10.3 Å². The fourth-order valence-electron chi connectivity index (χ4n) is 1.84. The third-order valence-electron chi connectivity index (χ3n) is 2.97. The number of hydrogen-bond acceptors (Lipinski definition) is 5.